The van der Waals surface area contributed by atoms with Crippen LogP contribution in [0.5, 0.6) is 0 Å². The van der Waals surface area contributed by atoms with Crippen LogP contribution >= 0.6 is 0 Å². The zero-order valence-electron chi connectivity index (χ0n) is 16.3. The molecule has 2 aromatic rings. The standard InChI is InChI=1S/C20H28N4O3/c1-4-17(27-3)19(25)23-12-10-15(11-13-23)14-18-21-22(2)20(26)24(18)16-8-6-5-7-9-16/h5-9,15,17H,4,10-14H2,1-3H3. The van der Waals surface area contributed by atoms with Gasteiger partial charge in [0.05, 0.1) is 5.69 Å². The second-order valence-corrected chi connectivity index (χ2v) is 7.10. The first kappa shape index (κ1) is 19.4. The number of para-hydroxylation sites is 1. The molecule has 7 nitrogen and oxygen atoms in total. The van der Waals surface area contributed by atoms with Gasteiger partial charge in [-0.3, -0.25) is 4.79 Å². The largest absolute Gasteiger partial charge is 0.372 e. The number of carbonyl (C=O) groups excluding carboxylic acids is 1. The lowest BCUT2D eigenvalue weighted by atomic mass is 9.93. The molecule has 1 atom stereocenters. The molecule has 2 heterocycles. The summed E-state index contributed by atoms with van der Waals surface area (Å²) in [4.78, 5) is 26.9. The fraction of sp³-hybridized carbons (Fsp3) is 0.550. The molecule has 27 heavy (non-hydrogen) atoms. The van der Waals surface area contributed by atoms with Crippen molar-refractivity contribution in [2.45, 2.75) is 38.7 Å². The molecule has 1 fully saturated rings. The lowest BCUT2D eigenvalue weighted by molar-refractivity contribution is -0.143. The highest BCUT2D eigenvalue weighted by atomic mass is 16.5. The lowest BCUT2D eigenvalue weighted by Crippen LogP contribution is -2.44. The van der Waals surface area contributed by atoms with Crippen molar-refractivity contribution in [2.24, 2.45) is 13.0 Å². The number of benzene rings is 1. The van der Waals surface area contributed by atoms with Crippen molar-refractivity contribution in [3.63, 3.8) is 0 Å². The number of amides is 1. The van der Waals surface area contributed by atoms with Crippen molar-refractivity contribution < 1.29 is 9.53 Å². The van der Waals surface area contributed by atoms with E-state index in [0.29, 0.717) is 12.3 Å². The maximum absolute atomic E-state index is 12.5. The molecule has 1 aromatic carbocycles. The Hall–Kier alpha value is -2.41. The number of carbonyl (C=O) groups is 1. The molecule has 0 bridgehead atoms. The molecule has 0 spiro atoms. The summed E-state index contributed by atoms with van der Waals surface area (Å²) in [5.41, 5.74) is 0.707. The minimum Gasteiger partial charge on any atom is -0.372 e. The molecular formula is C20H28N4O3. The number of nitrogens with zero attached hydrogens (tertiary/aromatic N) is 4. The summed E-state index contributed by atoms with van der Waals surface area (Å²) in [6, 6.07) is 9.61. The van der Waals surface area contributed by atoms with Gasteiger partial charge in [-0.05, 0) is 37.3 Å². The Bertz CT molecular complexity index is 815. The summed E-state index contributed by atoms with van der Waals surface area (Å²) in [6.45, 7) is 3.42. The van der Waals surface area contributed by atoms with Gasteiger partial charge in [0.1, 0.15) is 11.9 Å². The molecule has 1 unspecified atom stereocenters. The number of piperidine rings is 1. The zero-order chi connectivity index (χ0) is 19.4. The van der Waals surface area contributed by atoms with Crippen molar-refractivity contribution in [3.05, 3.63) is 46.6 Å². The van der Waals surface area contributed by atoms with E-state index < -0.39 is 0 Å². The van der Waals surface area contributed by atoms with Crippen molar-refractivity contribution in [1.29, 1.82) is 0 Å². The minimum atomic E-state index is -0.347. The van der Waals surface area contributed by atoms with Gasteiger partial charge in [0.25, 0.3) is 5.91 Å². The maximum Gasteiger partial charge on any atom is 0.350 e. The van der Waals surface area contributed by atoms with Crippen LogP contribution in [-0.4, -0.2) is 51.5 Å². The lowest BCUT2D eigenvalue weighted by Gasteiger charge is -2.33. The summed E-state index contributed by atoms with van der Waals surface area (Å²) in [5, 5.41) is 4.46. The van der Waals surface area contributed by atoms with E-state index in [0.717, 1.165) is 43.9 Å². The van der Waals surface area contributed by atoms with Gasteiger partial charge >= 0.3 is 5.69 Å². The molecule has 1 aliphatic rings. The molecule has 1 amide bonds. The van der Waals surface area contributed by atoms with E-state index in [9.17, 15) is 9.59 Å². The summed E-state index contributed by atoms with van der Waals surface area (Å²) in [5.74, 6) is 1.26. The molecule has 0 radical (unpaired) electrons. The first-order valence-corrected chi connectivity index (χ1v) is 9.57. The Morgan fingerprint density at radius 2 is 1.93 bits per heavy atom. The van der Waals surface area contributed by atoms with Crippen LogP contribution in [0, 0.1) is 5.92 Å². The van der Waals surface area contributed by atoms with E-state index in [1.54, 1.807) is 18.7 Å². The average molecular weight is 372 g/mol. The molecule has 0 saturated carbocycles. The molecular weight excluding hydrogens is 344 g/mol. The maximum atomic E-state index is 12.5. The van der Waals surface area contributed by atoms with Crippen molar-refractivity contribution >= 4 is 5.91 Å². The van der Waals surface area contributed by atoms with E-state index in [1.807, 2.05) is 42.2 Å². The molecule has 1 aliphatic heterocycles. The average Bonchev–Trinajstić information content (AvgIpc) is 2.97. The molecule has 146 valence electrons. The van der Waals surface area contributed by atoms with Gasteiger partial charge in [-0.15, -0.1) is 0 Å². The van der Waals surface area contributed by atoms with Crippen LogP contribution in [0.1, 0.15) is 32.0 Å². The predicted octanol–water partition coefficient (Wildman–Crippen LogP) is 1.78. The first-order valence-electron chi connectivity index (χ1n) is 9.57. The SMILES string of the molecule is CCC(OC)C(=O)N1CCC(Cc2nn(C)c(=O)n2-c2ccccc2)CC1. The molecule has 1 aromatic heterocycles. The number of aromatic nitrogens is 3. The summed E-state index contributed by atoms with van der Waals surface area (Å²) in [7, 11) is 3.27. The van der Waals surface area contributed by atoms with E-state index in [2.05, 4.69) is 5.10 Å². The van der Waals surface area contributed by atoms with E-state index in [-0.39, 0.29) is 17.7 Å². The Balaban J connectivity index is 1.69. The smallest absolute Gasteiger partial charge is 0.350 e. The molecule has 1 saturated heterocycles. The van der Waals surface area contributed by atoms with Crippen LogP contribution in [0.4, 0.5) is 0 Å². The number of rotatable bonds is 6. The van der Waals surface area contributed by atoms with Crippen LogP contribution in [-0.2, 0) is 23.0 Å². The van der Waals surface area contributed by atoms with Crippen molar-refractivity contribution in [3.8, 4) is 5.69 Å². The molecule has 0 aliphatic carbocycles. The summed E-state index contributed by atoms with van der Waals surface area (Å²) in [6.07, 6.45) is 2.89. The highest BCUT2D eigenvalue weighted by molar-refractivity contribution is 5.80. The van der Waals surface area contributed by atoms with Gasteiger partial charge in [-0.25, -0.2) is 14.0 Å². The quantitative estimate of drug-likeness (QED) is 0.775. The zero-order valence-corrected chi connectivity index (χ0v) is 16.3. The molecule has 3 rings (SSSR count). The second kappa shape index (κ2) is 8.52. The Kier molecular flexibility index (Phi) is 6.11. The molecule has 0 N–H and O–H groups in total. The second-order valence-electron chi connectivity index (χ2n) is 7.10. The Morgan fingerprint density at radius 1 is 1.26 bits per heavy atom. The highest BCUT2D eigenvalue weighted by Gasteiger charge is 2.28. The Labute approximate surface area is 159 Å². The third-order valence-corrected chi connectivity index (χ3v) is 5.33. The predicted molar refractivity (Wildman–Crippen MR) is 103 cm³/mol. The van der Waals surface area contributed by atoms with E-state index >= 15 is 0 Å². The first-order chi connectivity index (χ1) is 13.0. The summed E-state index contributed by atoms with van der Waals surface area (Å²) >= 11 is 0. The van der Waals surface area contributed by atoms with Gasteiger partial charge in [-0.1, -0.05) is 25.1 Å². The highest BCUT2D eigenvalue weighted by Crippen LogP contribution is 2.22. The van der Waals surface area contributed by atoms with Crippen LogP contribution in [0.25, 0.3) is 5.69 Å². The Morgan fingerprint density at radius 3 is 2.52 bits per heavy atom. The van der Waals surface area contributed by atoms with Gasteiger partial charge < -0.3 is 9.64 Å². The van der Waals surface area contributed by atoms with Gasteiger partial charge in [0.15, 0.2) is 0 Å². The van der Waals surface area contributed by atoms with Crippen LogP contribution in [0.3, 0.4) is 0 Å². The number of ether oxygens (including phenoxy) is 1. The van der Waals surface area contributed by atoms with Gasteiger partial charge in [0, 0.05) is 33.7 Å². The van der Waals surface area contributed by atoms with Crippen molar-refractivity contribution in [2.75, 3.05) is 20.2 Å². The number of hydrogen-bond acceptors (Lipinski definition) is 4. The van der Waals surface area contributed by atoms with Crippen molar-refractivity contribution in [1.82, 2.24) is 19.2 Å². The minimum absolute atomic E-state index is 0.0810. The van der Waals surface area contributed by atoms with E-state index in [1.165, 1.54) is 4.68 Å². The van der Waals surface area contributed by atoms with E-state index in [4.69, 9.17) is 4.74 Å². The molecule has 7 heteroatoms. The van der Waals surface area contributed by atoms with Crippen LogP contribution < -0.4 is 5.69 Å². The van der Waals surface area contributed by atoms with Gasteiger partial charge in [0.2, 0.25) is 0 Å². The third-order valence-electron chi connectivity index (χ3n) is 5.33. The number of hydrogen-bond donors (Lipinski definition) is 0. The third kappa shape index (κ3) is 4.13. The van der Waals surface area contributed by atoms with Crippen LogP contribution in [0.2, 0.25) is 0 Å². The normalized spacial score (nSPS) is 16.5. The van der Waals surface area contributed by atoms with Crippen LogP contribution in [0.15, 0.2) is 35.1 Å². The fourth-order valence-electron chi connectivity index (χ4n) is 3.75. The number of likely N-dealkylation sites (tertiary alicyclic amines) is 1. The van der Waals surface area contributed by atoms with Gasteiger partial charge in [-0.2, -0.15) is 5.10 Å². The topological polar surface area (TPSA) is 69.4 Å². The monoisotopic (exact) mass is 372 g/mol. The summed E-state index contributed by atoms with van der Waals surface area (Å²) < 4.78 is 8.36. The fourth-order valence-corrected chi connectivity index (χ4v) is 3.75. The number of methoxy groups -OCH3 is 1. The number of aryl methyl sites for hydroxylation is 1.